The van der Waals surface area contributed by atoms with Crippen LogP contribution in [0.2, 0.25) is 5.02 Å². The molecule has 0 fully saturated rings. The fraction of sp³-hybridized carbons (Fsp3) is 0.125. The highest BCUT2D eigenvalue weighted by atomic mass is 35.5. The Bertz CT molecular complexity index is 212. The van der Waals surface area contributed by atoms with Gasteiger partial charge in [0.2, 0.25) is 0 Å². The van der Waals surface area contributed by atoms with Gasteiger partial charge in [-0.25, -0.2) is 0 Å². The van der Waals surface area contributed by atoms with E-state index in [1.54, 1.807) is 18.2 Å². The average molecular weight is 155 g/mol. The van der Waals surface area contributed by atoms with Crippen molar-refractivity contribution in [3.63, 3.8) is 0 Å². The normalized spacial score (nSPS) is 9.50. The predicted molar refractivity (Wildman–Crippen MR) is 41.4 cm³/mol. The van der Waals surface area contributed by atoms with Crippen molar-refractivity contribution in [2.75, 3.05) is 7.11 Å². The maximum Gasteiger partial charge on any atom is 0.140 e. The third-order valence-corrected chi connectivity index (χ3v) is 1.50. The van der Waals surface area contributed by atoms with Crippen LogP contribution in [0.1, 0.15) is 5.56 Å². The molecule has 0 spiro atoms. The number of hydrogen-bond donors (Lipinski definition) is 0. The largest absolute Gasteiger partial charge is 0.495 e. The second kappa shape index (κ2) is 2.93. The third-order valence-electron chi connectivity index (χ3n) is 1.20. The lowest BCUT2D eigenvalue weighted by Crippen LogP contribution is -1.86. The first-order valence-corrected chi connectivity index (χ1v) is 3.21. The molecule has 52 valence electrons. The van der Waals surface area contributed by atoms with Crippen LogP contribution in [0, 0.1) is 6.92 Å². The molecule has 0 aromatic heterocycles. The zero-order chi connectivity index (χ0) is 7.56. The molecule has 1 aromatic carbocycles. The fourth-order valence-electron chi connectivity index (χ4n) is 0.741. The van der Waals surface area contributed by atoms with Gasteiger partial charge in [-0.15, -0.1) is 0 Å². The van der Waals surface area contributed by atoms with Gasteiger partial charge in [-0.3, -0.25) is 0 Å². The molecule has 0 amide bonds. The van der Waals surface area contributed by atoms with Crippen LogP contribution in [0.5, 0.6) is 5.75 Å². The molecule has 0 atom stereocenters. The van der Waals surface area contributed by atoms with E-state index in [-0.39, 0.29) is 0 Å². The van der Waals surface area contributed by atoms with Gasteiger partial charge in [0, 0.05) is 12.5 Å². The third kappa shape index (κ3) is 1.24. The number of benzene rings is 1. The van der Waals surface area contributed by atoms with Crippen molar-refractivity contribution < 1.29 is 4.74 Å². The summed E-state index contributed by atoms with van der Waals surface area (Å²) in [7, 11) is 1.54. The summed E-state index contributed by atoms with van der Waals surface area (Å²) in [6.45, 7) is 5.52. The van der Waals surface area contributed by atoms with E-state index in [1.165, 1.54) is 7.11 Å². The van der Waals surface area contributed by atoms with Crippen molar-refractivity contribution >= 4 is 11.6 Å². The molecular formula is C8H7ClO. The van der Waals surface area contributed by atoms with Crippen LogP contribution in [0.3, 0.4) is 0 Å². The molecule has 1 rings (SSSR count). The summed E-state index contributed by atoms with van der Waals surface area (Å²) >= 11 is 5.72. The Morgan fingerprint density at radius 1 is 1.50 bits per heavy atom. The first-order valence-electron chi connectivity index (χ1n) is 2.83. The lowest BCUT2D eigenvalue weighted by molar-refractivity contribution is 0.413. The molecule has 0 N–H and O–H groups in total. The Kier molecular flexibility index (Phi) is 2.17. The molecule has 10 heavy (non-hydrogen) atoms. The summed E-state index contributed by atoms with van der Waals surface area (Å²) in [5.74, 6) is 0.546. The van der Waals surface area contributed by atoms with Crippen LogP contribution >= 0.6 is 11.6 Å². The molecule has 0 saturated carbocycles. The summed E-state index contributed by atoms with van der Waals surface area (Å²) in [4.78, 5) is 0. The summed E-state index contributed by atoms with van der Waals surface area (Å²) in [5, 5.41) is 0.544. The SMILES string of the molecule is [CH]c1cccc(Cl)c1OC. The van der Waals surface area contributed by atoms with Gasteiger partial charge in [-0.05, 0) is 6.07 Å². The van der Waals surface area contributed by atoms with E-state index in [0.717, 1.165) is 0 Å². The first-order chi connectivity index (χ1) is 4.75. The van der Waals surface area contributed by atoms with Gasteiger partial charge in [0.15, 0.2) is 0 Å². The van der Waals surface area contributed by atoms with Crippen molar-refractivity contribution in [3.05, 3.63) is 35.7 Å². The fourth-order valence-corrected chi connectivity index (χ4v) is 1.000. The van der Waals surface area contributed by atoms with Crippen LogP contribution in [0.25, 0.3) is 0 Å². The molecule has 0 saturated heterocycles. The minimum Gasteiger partial charge on any atom is -0.495 e. The molecule has 0 heterocycles. The summed E-state index contributed by atoms with van der Waals surface area (Å²) in [5.41, 5.74) is 0.565. The van der Waals surface area contributed by atoms with Crippen LogP contribution in [-0.2, 0) is 0 Å². The van der Waals surface area contributed by atoms with Crippen LogP contribution in [-0.4, -0.2) is 7.11 Å². The van der Waals surface area contributed by atoms with Crippen molar-refractivity contribution in [1.29, 1.82) is 0 Å². The van der Waals surface area contributed by atoms with Gasteiger partial charge >= 0.3 is 0 Å². The van der Waals surface area contributed by atoms with E-state index >= 15 is 0 Å². The highest BCUT2D eigenvalue weighted by Gasteiger charge is 2.00. The second-order valence-corrected chi connectivity index (χ2v) is 2.27. The maximum atomic E-state index is 5.72. The predicted octanol–water partition coefficient (Wildman–Crippen LogP) is 2.41. The Balaban J connectivity index is 3.17. The van der Waals surface area contributed by atoms with Crippen molar-refractivity contribution in [2.45, 2.75) is 0 Å². The summed E-state index contributed by atoms with van der Waals surface area (Å²) in [6.07, 6.45) is 0. The molecular weight excluding hydrogens is 148 g/mol. The Hall–Kier alpha value is -0.690. The Morgan fingerprint density at radius 2 is 2.20 bits per heavy atom. The van der Waals surface area contributed by atoms with Crippen molar-refractivity contribution in [2.24, 2.45) is 0 Å². The smallest absolute Gasteiger partial charge is 0.140 e. The molecule has 0 unspecified atom stereocenters. The lowest BCUT2D eigenvalue weighted by atomic mass is 10.2. The number of para-hydroxylation sites is 1. The van der Waals surface area contributed by atoms with E-state index in [2.05, 4.69) is 0 Å². The molecule has 0 bridgehead atoms. The van der Waals surface area contributed by atoms with Crippen molar-refractivity contribution in [3.8, 4) is 5.75 Å². The molecule has 0 aliphatic heterocycles. The zero-order valence-electron chi connectivity index (χ0n) is 5.60. The van der Waals surface area contributed by atoms with Gasteiger partial charge in [-0.1, -0.05) is 23.7 Å². The van der Waals surface area contributed by atoms with Crippen LogP contribution in [0.4, 0.5) is 0 Å². The van der Waals surface area contributed by atoms with Crippen LogP contribution in [0.15, 0.2) is 18.2 Å². The first kappa shape index (κ1) is 7.42. The number of methoxy groups -OCH3 is 1. The van der Waals surface area contributed by atoms with Gasteiger partial charge in [-0.2, -0.15) is 0 Å². The number of ether oxygens (including phenoxy) is 1. The van der Waals surface area contributed by atoms with Gasteiger partial charge in [0.1, 0.15) is 5.75 Å². The Morgan fingerprint density at radius 3 is 2.60 bits per heavy atom. The van der Waals surface area contributed by atoms with E-state index in [4.69, 9.17) is 23.3 Å². The average Bonchev–Trinajstić information content (AvgIpc) is 1.88. The van der Waals surface area contributed by atoms with E-state index in [0.29, 0.717) is 16.3 Å². The zero-order valence-corrected chi connectivity index (χ0v) is 6.35. The monoisotopic (exact) mass is 154 g/mol. The minimum absolute atomic E-state index is 0.544. The Labute approximate surface area is 65.6 Å². The van der Waals surface area contributed by atoms with Gasteiger partial charge in [0.25, 0.3) is 0 Å². The maximum absolute atomic E-state index is 5.72. The number of hydrogen-bond acceptors (Lipinski definition) is 1. The van der Waals surface area contributed by atoms with Crippen LogP contribution < -0.4 is 4.74 Å². The van der Waals surface area contributed by atoms with Crippen molar-refractivity contribution in [1.82, 2.24) is 0 Å². The van der Waals surface area contributed by atoms with E-state index < -0.39 is 0 Å². The number of rotatable bonds is 1. The highest BCUT2D eigenvalue weighted by Crippen LogP contribution is 2.26. The van der Waals surface area contributed by atoms with Gasteiger partial charge in [0.05, 0.1) is 12.1 Å². The lowest BCUT2D eigenvalue weighted by Gasteiger charge is -2.04. The van der Waals surface area contributed by atoms with E-state index in [9.17, 15) is 0 Å². The molecule has 1 aromatic rings. The van der Waals surface area contributed by atoms with Gasteiger partial charge < -0.3 is 4.74 Å². The molecule has 1 nitrogen and oxygen atoms in total. The van der Waals surface area contributed by atoms with E-state index in [1.807, 2.05) is 0 Å². The molecule has 2 heteroatoms. The summed E-state index contributed by atoms with van der Waals surface area (Å²) < 4.78 is 4.92. The quantitative estimate of drug-likeness (QED) is 0.604. The second-order valence-electron chi connectivity index (χ2n) is 1.86. The summed E-state index contributed by atoms with van der Waals surface area (Å²) in [6, 6.07) is 5.25. The molecule has 0 aliphatic rings. The number of halogens is 1. The standard InChI is InChI=1S/C8H7ClO/c1-6-4-3-5-7(9)8(6)10-2/h1,3-5H,2H3. The highest BCUT2D eigenvalue weighted by molar-refractivity contribution is 6.32. The molecule has 2 radical (unpaired) electrons. The molecule has 0 aliphatic carbocycles. The minimum atomic E-state index is 0.544. The topological polar surface area (TPSA) is 9.23 Å².